The second kappa shape index (κ2) is 8.23. The van der Waals surface area contributed by atoms with E-state index in [9.17, 15) is 14.4 Å². The molecule has 0 aliphatic rings. The molecule has 0 spiro atoms. The number of benzene rings is 2. The maximum atomic E-state index is 13.3. The molecule has 1 amide bonds. The average Bonchev–Trinajstić information content (AvgIpc) is 3.21. The number of hydrogen-bond acceptors (Lipinski definition) is 5. The number of carbonyl (C=O) groups is 1. The van der Waals surface area contributed by atoms with E-state index in [0.29, 0.717) is 27.3 Å². The molecule has 4 rings (SSSR count). The SMILES string of the molecule is COc1cccc(NC(=O)Cn2c(=O)n(-c3cc(C)cc(C)c3)c(=O)c3sccc32)c1. The minimum atomic E-state index is -0.554. The van der Waals surface area contributed by atoms with Crippen molar-refractivity contribution in [3.8, 4) is 11.4 Å². The molecular formula is C23H21N3O4S. The lowest BCUT2D eigenvalue weighted by molar-refractivity contribution is -0.116. The summed E-state index contributed by atoms with van der Waals surface area (Å²) in [6.07, 6.45) is 0. The van der Waals surface area contributed by atoms with Crippen molar-refractivity contribution in [2.75, 3.05) is 12.4 Å². The molecule has 0 saturated heterocycles. The second-order valence-corrected chi connectivity index (χ2v) is 8.19. The van der Waals surface area contributed by atoms with Crippen LogP contribution in [0.1, 0.15) is 11.1 Å². The van der Waals surface area contributed by atoms with Crippen molar-refractivity contribution in [2.24, 2.45) is 0 Å². The van der Waals surface area contributed by atoms with Gasteiger partial charge in [0.2, 0.25) is 5.91 Å². The summed E-state index contributed by atoms with van der Waals surface area (Å²) in [6, 6.07) is 14.2. The van der Waals surface area contributed by atoms with Crippen molar-refractivity contribution in [3.63, 3.8) is 0 Å². The third kappa shape index (κ3) is 4.02. The summed E-state index contributed by atoms with van der Waals surface area (Å²) in [5, 5.41) is 4.52. The van der Waals surface area contributed by atoms with Crippen molar-refractivity contribution in [2.45, 2.75) is 20.4 Å². The Balaban J connectivity index is 1.79. The van der Waals surface area contributed by atoms with Gasteiger partial charge >= 0.3 is 5.69 Å². The Kier molecular flexibility index (Phi) is 5.48. The topological polar surface area (TPSA) is 82.3 Å². The molecule has 2 aromatic carbocycles. The van der Waals surface area contributed by atoms with Crippen LogP contribution in [-0.2, 0) is 11.3 Å². The van der Waals surface area contributed by atoms with Gasteiger partial charge in [0.25, 0.3) is 5.56 Å². The number of aryl methyl sites for hydroxylation is 2. The Morgan fingerprint density at radius 1 is 1.06 bits per heavy atom. The molecule has 4 aromatic rings. The van der Waals surface area contributed by atoms with Gasteiger partial charge in [-0.3, -0.25) is 14.2 Å². The standard InChI is InChI=1S/C23H21N3O4S/c1-14-9-15(2)11-17(10-14)26-22(28)21-19(7-8-31-21)25(23(26)29)13-20(27)24-16-5-4-6-18(12-16)30-3/h4-12H,13H2,1-3H3,(H,24,27). The normalized spacial score (nSPS) is 10.9. The van der Waals surface area contributed by atoms with E-state index in [-0.39, 0.29) is 18.0 Å². The number of rotatable bonds is 5. The molecule has 2 heterocycles. The number of carbonyl (C=O) groups excluding carboxylic acids is 1. The zero-order valence-electron chi connectivity index (χ0n) is 17.3. The van der Waals surface area contributed by atoms with Crippen molar-refractivity contribution in [1.82, 2.24) is 9.13 Å². The highest BCUT2D eigenvalue weighted by atomic mass is 32.1. The number of thiophene rings is 1. The van der Waals surface area contributed by atoms with E-state index in [1.54, 1.807) is 55.0 Å². The zero-order valence-corrected chi connectivity index (χ0v) is 18.2. The minimum absolute atomic E-state index is 0.228. The van der Waals surface area contributed by atoms with E-state index >= 15 is 0 Å². The van der Waals surface area contributed by atoms with E-state index in [1.165, 1.54) is 15.9 Å². The number of methoxy groups -OCH3 is 1. The summed E-state index contributed by atoms with van der Waals surface area (Å²) in [7, 11) is 1.55. The fraction of sp³-hybridized carbons (Fsp3) is 0.174. The van der Waals surface area contributed by atoms with Gasteiger partial charge in [0, 0.05) is 11.8 Å². The van der Waals surface area contributed by atoms with Gasteiger partial charge in [-0.15, -0.1) is 11.3 Å². The lowest BCUT2D eigenvalue weighted by atomic mass is 10.1. The highest BCUT2D eigenvalue weighted by molar-refractivity contribution is 7.17. The van der Waals surface area contributed by atoms with Gasteiger partial charge in [-0.2, -0.15) is 0 Å². The van der Waals surface area contributed by atoms with Crippen molar-refractivity contribution in [3.05, 3.63) is 85.9 Å². The fourth-order valence-electron chi connectivity index (χ4n) is 3.59. The average molecular weight is 436 g/mol. The fourth-order valence-corrected chi connectivity index (χ4v) is 4.42. The van der Waals surface area contributed by atoms with Gasteiger partial charge in [0.15, 0.2) is 0 Å². The molecule has 2 aromatic heterocycles. The number of nitrogens with zero attached hydrogens (tertiary/aromatic N) is 2. The highest BCUT2D eigenvalue weighted by Crippen LogP contribution is 2.19. The number of anilines is 1. The van der Waals surface area contributed by atoms with Gasteiger partial charge in [0.1, 0.15) is 17.0 Å². The molecule has 0 fully saturated rings. The first kappa shape index (κ1) is 20.6. The van der Waals surface area contributed by atoms with Crippen LogP contribution < -0.4 is 21.3 Å². The van der Waals surface area contributed by atoms with Gasteiger partial charge in [0.05, 0.1) is 18.3 Å². The maximum Gasteiger partial charge on any atom is 0.336 e. The Morgan fingerprint density at radius 3 is 2.52 bits per heavy atom. The Labute approximate surface area is 182 Å². The predicted molar refractivity (Wildman–Crippen MR) is 123 cm³/mol. The molecule has 8 heteroatoms. The summed E-state index contributed by atoms with van der Waals surface area (Å²) >= 11 is 1.25. The first-order chi connectivity index (χ1) is 14.9. The summed E-state index contributed by atoms with van der Waals surface area (Å²) < 4.78 is 8.07. The van der Waals surface area contributed by atoms with E-state index in [1.807, 2.05) is 19.9 Å². The molecule has 1 N–H and O–H groups in total. The zero-order chi connectivity index (χ0) is 22.1. The third-order valence-corrected chi connectivity index (χ3v) is 5.77. The van der Waals surface area contributed by atoms with Crippen LogP contribution in [0.4, 0.5) is 5.69 Å². The molecule has 0 saturated carbocycles. The molecule has 158 valence electrons. The van der Waals surface area contributed by atoms with E-state index in [4.69, 9.17) is 4.74 Å². The number of nitrogens with one attached hydrogen (secondary N) is 1. The quantitative estimate of drug-likeness (QED) is 0.520. The van der Waals surface area contributed by atoms with Crippen LogP contribution >= 0.6 is 11.3 Å². The second-order valence-electron chi connectivity index (χ2n) is 7.27. The Hall–Kier alpha value is -3.65. The predicted octanol–water partition coefficient (Wildman–Crippen LogP) is 3.48. The van der Waals surface area contributed by atoms with Crippen LogP contribution in [-0.4, -0.2) is 22.2 Å². The summed E-state index contributed by atoms with van der Waals surface area (Å²) in [5.74, 6) is 0.229. The first-order valence-corrected chi connectivity index (χ1v) is 10.5. The van der Waals surface area contributed by atoms with Crippen molar-refractivity contribution in [1.29, 1.82) is 0 Å². The molecule has 0 radical (unpaired) electrons. The van der Waals surface area contributed by atoms with Crippen molar-refractivity contribution < 1.29 is 9.53 Å². The van der Waals surface area contributed by atoms with Gasteiger partial charge in [-0.05, 0) is 60.7 Å². The van der Waals surface area contributed by atoms with Gasteiger partial charge in [-0.1, -0.05) is 12.1 Å². The van der Waals surface area contributed by atoms with Crippen LogP contribution in [0.5, 0.6) is 5.75 Å². The van der Waals surface area contributed by atoms with Crippen LogP contribution in [0, 0.1) is 13.8 Å². The Morgan fingerprint density at radius 2 is 1.81 bits per heavy atom. The van der Waals surface area contributed by atoms with E-state index in [0.717, 1.165) is 15.7 Å². The van der Waals surface area contributed by atoms with Crippen molar-refractivity contribution >= 4 is 33.1 Å². The Bertz CT molecular complexity index is 1390. The molecule has 7 nitrogen and oxygen atoms in total. The van der Waals surface area contributed by atoms with E-state index in [2.05, 4.69) is 5.32 Å². The molecule has 0 aliphatic carbocycles. The van der Waals surface area contributed by atoms with Crippen LogP contribution in [0.2, 0.25) is 0 Å². The smallest absolute Gasteiger partial charge is 0.336 e. The first-order valence-electron chi connectivity index (χ1n) is 9.63. The molecule has 0 unspecified atom stereocenters. The lowest BCUT2D eigenvalue weighted by Crippen LogP contribution is -2.40. The van der Waals surface area contributed by atoms with Crippen LogP contribution in [0.3, 0.4) is 0 Å². The summed E-state index contributed by atoms with van der Waals surface area (Å²) in [4.78, 5) is 39.2. The number of fused-ring (bicyclic) bond motifs is 1. The monoisotopic (exact) mass is 435 g/mol. The van der Waals surface area contributed by atoms with E-state index < -0.39 is 5.69 Å². The molecular weight excluding hydrogens is 414 g/mol. The van der Waals surface area contributed by atoms with Gasteiger partial charge in [-0.25, -0.2) is 9.36 Å². The van der Waals surface area contributed by atoms with Crippen LogP contribution in [0.25, 0.3) is 15.9 Å². The maximum absolute atomic E-state index is 13.3. The molecule has 0 atom stereocenters. The number of hydrogen-bond donors (Lipinski definition) is 1. The lowest BCUT2D eigenvalue weighted by Gasteiger charge is -2.13. The van der Waals surface area contributed by atoms with Gasteiger partial charge < -0.3 is 10.1 Å². The summed E-state index contributed by atoms with van der Waals surface area (Å²) in [5.41, 5.74) is 2.43. The largest absolute Gasteiger partial charge is 0.497 e. The minimum Gasteiger partial charge on any atom is -0.497 e. The molecule has 0 bridgehead atoms. The van der Waals surface area contributed by atoms with Crippen LogP contribution in [0.15, 0.2) is 63.5 Å². The highest BCUT2D eigenvalue weighted by Gasteiger charge is 2.18. The number of aromatic nitrogens is 2. The number of ether oxygens (including phenoxy) is 1. The third-order valence-electron chi connectivity index (χ3n) is 4.87. The molecule has 31 heavy (non-hydrogen) atoms. The summed E-state index contributed by atoms with van der Waals surface area (Å²) in [6.45, 7) is 3.59. The molecule has 0 aliphatic heterocycles. The number of amides is 1.